The van der Waals surface area contributed by atoms with Gasteiger partial charge in [-0.15, -0.1) is 0 Å². The van der Waals surface area contributed by atoms with Gasteiger partial charge in [0.15, 0.2) is 0 Å². The summed E-state index contributed by atoms with van der Waals surface area (Å²) in [6.45, 7) is 4.68. The monoisotopic (exact) mass is 342 g/mol. The summed E-state index contributed by atoms with van der Waals surface area (Å²) < 4.78 is 5.82. The minimum Gasteiger partial charge on any atom is -0.441 e. The average molecular weight is 343 g/mol. The van der Waals surface area contributed by atoms with Gasteiger partial charge in [0.2, 0.25) is 5.89 Å². The van der Waals surface area contributed by atoms with E-state index in [0.29, 0.717) is 17.5 Å². The smallest absolute Gasteiger partial charge is 0.228 e. The van der Waals surface area contributed by atoms with Gasteiger partial charge in [-0.1, -0.05) is 23.7 Å². The minimum absolute atomic E-state index is 0.146. The van der Waals surface area contributed by atoms with E-state index in [2.05, 4.69) is 26.8 Å². The second-order valence-corrected chi connectivity index (χ2v) is 6.13. The molecule has 3 rings (SSSR count). The van der Waals surface area contributed by atoms with E-state index in [1.165, 1.54) is 0 Å². The number of nitrogens with zero attached hydrogens (tertiary/aromatic N) is 4. The summed E-state index contributed by atoms with van der Waals surface area (Å²) in [5, 5.41) is 0.632. The SMILES string of the molecule is Cc1oc(-c2ccccc2Cl)nc1CN(C)C(C)c1ccncn1. The fourth-order valence-electron chi connectivity index (χ4n) is 2.47. The van der Waals surface area contributed by atoms with Gasteiger partial charge in [0, 0.05) is 18.8 Å². The molecular weight excluding hydrogens is 324 g/mol. The molecule has 0 aliphatic carbocycles. The summed E-state index contributed by atoms with van der Waals surface area (Å²) in [6.07, 6.45) is 3.32. The van der Waals surface area contributed by atoms with Crippen molar-refractivity contribution in [1.29, 1.82) is 0 Å². The van der Waals surface area contributed by atoms with Crippen LogP contribution in [0.4, 0.5) is 0 Å². The lowest BCUT2D eigenvalue weighted by molar-refractivity contribution is 0.244. The van der Waals surface area contributed by atoms with Crippen LogP contribution in [0.3, 0.4) is 0 Å². The maximum absolute atomic E-state index is 6.23. The predicted octanol–water partition coefficient (Wildman–Crippen LogP) is 4.29. The molecule has 24 heavy (non-hydrogen) atoms. The Bertz CT molecular complexity index is 819. The van der Waals surface area contributed by atoms with Crippen molar-refractivity contribution >= 4 is 11.6 Å². The Hall–Kier alpha value is -2.24. The Kier molecular flexibility index (Phi) is 4.92. The lowest BCUT2D eigenvalue weighted by atomic mass is 10.2. The molecule has 2 heterocycles. The highest BCUT2D eigenvalue weighted by atomic mass is 35.5. The van der Waals surface area contributed by atoms with Crippen molar-refractivity contribution in [2.75, 3.05) is 7.05 Å². The predicted molar refractivity (Wildman–Crippen MR) is 93.6 cm³/mol. The maximum Gasteiger partial charge on any atom is 0.228 e. The number of halogens is 1. The Balaban J connectivity index is 1.80. The van der Waals surface area contributed by atoms with Crippen molar-refractivity contribution in [3.63, 3.8) is 0 Å². The highest BCUT2D eigenvalue weighted by Crippen LogP contribution is 2.29. The molecule has 5 nitrogen and oxygen atoms in total. The van der Waals surface area contributed by atoms with Crippen LogP contribution in [0, 0.1) is 6.92 Å². The van der Waals surface area contributed by atoms with Crippen LogP contribution < -0.4 is 0 Å². The van der Waals surface area contributed by atoms with Crippen LogP contribution in [0.2, 0.25) is 5.02 Å². The first-order valence-electron chi connectivity index (χ1n) is 7.73. The van der Waals surface area contributed by atoms with Crippen LogP contribution in [-0.2, 0) is 6.54 Å². The van der Waals surface area contributed by atoms with Crippen LogP contribution in [0.5, 0.6) is 0 Å². The van der Waals surface area contributed by atoms with Crippen molar-refractivity contribution < 1.29 is 4.42 Å². The van der Waals surface area contributed by atoms with Crippen molar-refractivity contribution in [1.82, 2.24) is 19.9 Å². The third kappa shape index (κ3) is 3.47. The third-order valence-electron chi connectivity index (χ3n) is 4.09. The zero-order valence-electron chi connectivity index (χ0n) is 13.9. The Morgan fingerprint density at radius 3 is 2.75 bits per heavy atom. The maximum atomic E-state index is 6.23. The van der Waals surface area contributed by atoms with Gasteiger partial charge in [-0.2, -0.15) is 0 Å². The standard InChI is InChI=1S/C18H19ClN4O/c1-12(16-8-9-20-11-21-16)23(3)10-17-13(2)24-18(22-17)14-6-4-5-7-15(14)19/h4-9,11-12H,10H2,1-3H3. The molecule has 0 spiro atoms. The van der Waals surface area contributed by atoms with Gasteiger partial charge in [-0.3, -0.25) is 4.90 Å². The second kappa shape index (κ2) is 7.11. The van der Waals surface area contributed by atoms with E-state index in [9.17, 15) is 0 Å². The fourth-order valence-corrected chi connectivity index (χ4v) is 2.69. The van der Waals surface area contributed by atoms with Gasteiger partial charge in [-0.25, -0.2) is 15.0 Å². The number of aryl methyl sites for hydroxylation is 1. The van der Waals surface area contributed by atoms with E-state index in [1.54, 1.807) is 12.5 Å². The molecule has 2 aromatic heterocycles. The average Bonchev–Trinajstić information content (AvgIpc) is 2.95. The van der Waals surface area contributed by atoms with Crippen molar-refractivity contribution in [3.8, 4) is 11.5 Å². The Morgan fingerprint density at radius 1 is 1.25 bits per heavy atom. The summed E-state index contributed by atoms with van der Waals surface area (Å²) in [6, 6.07) is 9.62. The van der Waals surface area contributed by atoms with Crippen LogP contribution in [0.1, 0.15) is 30.1 Å². The summed E-state index contributed by atoms with van der Waals surface area (Å²) in [5.74, 6) is 1.35. The Morgan fingerprint density at radius 2 is 2.04 bits per heavy atom. The molecule has 6 heteroatoms. The number of rotatable bonds is 5. The third-order valence-corrected chi connectivity index (χ3v) is 4.42. The lowest BCUT2D eigenvalue weighted by Gasteiger charge is -2.23. The van der Waals surface area contributed by atoms with Gasteiger partial charge < -0.3 is 4.42 Å². The fraction of sp³-hybridized carbons (Fsp3) is 0.278. The zero-order valence-corrected chi connectivity index (χ0v) is 14.7. The molecular formula is C18H19ClN4O. The first-order valence-corrected chi connectivity index (χ1v) is 8.11. The molecule has 0 aliphatic heterocycles. The van der Waals surface area contributed by atoms with Crippen molar-refractivity contribution in [2.45, 2.75) is 26.4 Å². The molecule has 0 saturated carbocycles. The molecule has 3 aromatic rings. The van der Waals surface area contributed by atoms with E-state index < -0.39 is 0 Å². The summed E-state index contributed by atoms with van der Waals surface area (Å²) >= 11 is 6.23. The number of benzene rings is 1. The van der Waals surface area contributed by atoms with Crippen molar-refractivity contribution in [2.24, 2.45) is 0 Å². The van der Waals surface area contributed by atoms with Crippen LogP contribution >= 0.6 is 11.6 Å². The lowest BCUT2D eigenvalue weighted by Crippen LogP contribution is -2.23. The molecule has 0 saturated heterocycles. The summed E-state index contributed by atoms with van der Waals surface area (Å²) in [7, 11) is 2.04. The molecule has 0 fully saturated rings. The zero-order chi connectivity index (χ0) is 17.1. The molecule has 124 valence electrons. The largest absolute Gasteiger partial charge is 0.441 e. The van der Waals surface area contributed by atoms with E-state index in [0.717, 1.165) is 22.7 Å². The minimum atomic E-state index is 0.146. The number of aromatic nitrogens is 3. The van der Waals surface area contributed by atoms with Gasteiger partial charge in [0.05, 0.1) is 22.0 Å². The molecule has 0 N–H and O–H groups in total. The van der Waals surface area contributed by atoms with Crippen LogP contribution in [-0.4, -0.2) is 26.9 Å². The van der Waals surface area contributed by atoms with Crippen LogP contribution in [0.15, 0.2) is 47.3 Å². The van der Waals surface area contributed by atoms with E-state index in [4.69, 9.17) is 16.0 Å². The quantitative estimate of drug-likeness (QED) is 0.692. The molecule has 1 aromatic carbocycles. The van der Waals surface area contributed by atoms with Gasteiger partial charge in [-0.05, 0) is 39.1 Å². The highest BCUT2D eigenvalue weighted by molar-refractivity contribution is 6.33. The normalized spacial score (nSPS) is 12.5. The van der Waals surface area contributed by atoms with Gasteiger partial charge >= 0.3 is 0 Å². The first-order chi connectivity index (χ1) is 11.6. The second-order valence-electron chi connectivity index (χ2n) is 5.73. The van der Waals surface area contributed by atoms with Crippen LogP contribution in [0.25, 0.3) is 11.5 Å². The number of oxazole rings is 1. The molecule has 0 bridgehead atoms. The summed E-state index contributed by atoms with van der Waals surface area (Å²) in [5.41, 5.74) is 2.67. The molecule has 1 atom stereocenters. The molecule has 0 amide bonds. The van der Waals surface area contributed by atoms with Gasteiger partial charge in [0.25, 0.3) is 0 Å². The molecule has 1 unspecified atom stereocenters. The first kappa shape index (κ1) is 16.6. The molecule has 0 radical (unpaired) electrons. The van der Waals surface area contributed by atoms with Crippen molar-refractivity contribution in [3.05, 3.63) is 65.0 Å². The van der Waals surface area contributed by atoms with E-state index in [-0.39, 0.29) is 6.04 Å². The topological polar surface area (TPSA) is 55.1 Å². The number of hydrogen-bond donors (Lipinski definition) is 0. The van der Waals surface area contributed by atoms with E-state index in [1.807, 2.05) is 44.3 Å². The summed E-state index contributed by atoms with van der Waals surface area (Å²) in [4.78, 5) is 15.1. The van der Waals surface area contributed by atoms with E-state index >= 15 is 0 Å². The van der Waals surface area contributed by atoms with Gasteiger partial charge in [0.1, 0.15) is 12.1 Å². The number of hydrogen-bond acceptors (Lipinski definition) is 5. The Labute approximate surface area is 146 Å². The highest BCUT2D eigenvalue weighted by Gasteiger charge is 2.18. The molecule has 0 aliphatic rings.